The van der Waals surface area contributed by atoms with Crippen LogP contribution in [0.2, 0.25) is 0 Å². The van der Waals surface area contributed by atoms with E-state index in [2.05, 4.69) is 29.8 Å². The van der Waals surface area contributed by atoms with Gasteiger partial charge in [0.25, 0.3) is 0 Å². The van der Waals surface area contributed by atoms with Crippen LogP contribution in [0.25, 0.3) is 0 Å². The van der Waals surface area contributed by atoms with E-state index in [4.69, 9.17) is 23.8 Å². The van der Waals surface area contributed by atoms with Gasteiger partial charge in [0, 0.05) is 18.8 Å². The first kappa shape index (κ1) is 52.0. The Hall–Kier alpha value is -2.03. The number of hydrogen-bond acceptors (Lipinski definition) is 12. The van der Waals surface area contributed by atoms with E-state index < -0.39 is 72.3 Å². The molecule has 0 saturated carbocycles. The van der Waals surface area contributed by atoms with Crippen LogP contribution in [0.5, 0.6) is 0 Å². The second-order valence-corrected chi connectivity index (χ2v) is 17.4. The quantitative estimate of drug-likeness (QED) is 0.0187. The number of phosphoric acid groups is 2. The number of esters is 2. The van der Waals surface area contributed by atoms with Crippen molar-refractivity contribution in [3.05, 3.63) is 36.5 Å². The van der Waals surface area contributed by atoms with Crippen LogP contribution >= 0.6 is 15.6 Å². The smallest absolute Gasteiger partial charge is 0.462 e. The van der Waals surface area contributed by atoms with Crippen molar-refractivity contribution in [2.24, 2.45) is 17.8 Å². The Morgan fingerprint density at radius 1 is 0.786 bits per heavy atom. The fourth-order valence-corrected chi connectivity index (χ4v) is 6.91. The number of ether oxygens (including phenoxy) is 2. The van der Waals surface area contributed by atoms with Crippen molar-refractivity contribution in [3.63, 3.8) is 0 Å². The first-order valence-electron chi connectivity index (χ1n) is 20.1. The normalized spacial score (nSPS) is 18.8. The molecule has 0 saturated heterocycles. The van der Waals surface area contributed by atoms with Gasteiger partial charge in [0.15, 0.2) is 11.9 Å². The molecule has 0 spiro atoms. The van der Waals surface area contributed by atoms with Crippen molar-refractivity contribution >= 4 is 33.4 Å². The van der Waals surface area contributed by atoms with Gasteiger partial charge in [0.05, 0.1) is 25.9 Å². The third kappa shape index (κ3) is 28.4. The summed E-state index contributed by atoms with van der Waals surface area (Å²) in [5, 5.41) is 19.9. The first-order chi connectivity index (χ1) is 26.5. The largest absolute Gasteiger partial charge is 0.472 e. The van der Waals surface area contributed by atoms with Crippen LogP contribution in [0.3, 0.4) is 0 Å². The summed E-state index contributed by atoms with van der Waals surface area (Å²) in [4.78, 5) is 65.0. The van der Waals surface area contributed by atoms with Crippen molar-refractivity contribution in [1.82, 2.24) is 0 Å². The number of ketones is 1. The van der Waals surface area contributed by atoms with E-state index in [0.717, 1.165) is 44.9 Å². The molecule has 5 N–H and O–H groups in total. The molecule has 1 aliphatic carbocycles. The van der Waals surface area contributed by atoms with Crippen LogP contribution < -0.4 is 0 Å². The van der Waals surface area contributed by atoms with Gasteiger partial charge in [0.2, 0.25) is 0 Å². The molecule has 15 nitrogen and oxygen atoms in total. The van der Waals surface area contributed by atoms with E-state index in [-0.39, 0.29) is 30.5 Å². The Morgan fingerprint density at radius 2 is 1.41 bits per heavy atom. The van der Waals surface area contributed by atoms with Crippen LogP contribution in [-0.4, -0.2) is 87.4 Å². The molecule has 56 heavy (non-hydrogen) atoms. The maximum atomic E-state index is 12.6. The van der Waals surface area contributed by atoms with Crippen LogP contribution in [0, 0.1) is 17.8 Å². The number of phosphoric ester groups is 2. The van der Waals surface area contributed by atoms with Gasteiger partial charge in [-0.1, -0.05) is 115 Å². The zero-order valence-electron chi connectivity index (χ0n) is 33.5. The Labute approximate surface area is 333 Å². The Morgan fingerprint density at radius 3 is 2.09 bits per heavy atom. The topological polar surface area (TPSA) is 233 Å². The van der Waals surface area contributed by atoms with E-state index in [9.17, 15) is 38.6 Å². The molecule has 0 aliphatic heterocycles. The van der Waals surface area contributed by atoms with Crippen LogP contribution in [0.15, 0.2) is 36.5 Å². The highest BCUT2D eigenvalue weighted by Gasteiger charge is 2.29. The predicted octanol–water partition coefficient (Wildman–Crippen LogP) is 7.20. The molecule has 0 radical (unpaired) electrons. The lowest BCUT2D eigenvalue weighted by molar-refractivity contribution is -0.161. The monoisotopic (exact) mass is 838 g/mol. The molecule has 0 aromatic rings. The van der Waals surface area contributed by atoms with E-state index in [1.807, 2.05) is 18.2 Å². The summed E-state index contributed by atoms with van der Waals surface area (Å²) in [6.45, 7) is 3.63. The number of aliphatic hydroxyl groups excluding tert-OH is 2. The number of rotatable bonds is 34. The highest BCUT2D eigenvalue weighted by atomic mass is 31.2. The molecule has 0 aromatic carbocycles. The lowest BCUT2D eigenvalue weighted by Crippen LogP contribution is -2.30. The van der Waals surface area contributed by atoms with Gasteiger partial charge in [-0.3, -0.25) is 28.0 Å². The van der Waals surface area contributed by atoms with E-state index in [1.54, 1.807) is 18.2 Å². The summed E-state index contributed by atoms with van der Waals surface area (Å²) >= 11 is 0. The maximum Gasteiger partial charge on any atom is 0.472 e. The SMILES string of the molecule is CCCCC[C@H](O)/C=C/[C@H]1C(=O)C=C[C@@H]1C/C=C\CCCC(=O)OC[C@H](COP(=O)(O)OC[C@@H](O)COP(=O)(O)O)OC(=O)CCCCCCCCCC(C)C. The van der Waals surface area contributed by atoms with Gasteiger partial charge >= 0.3 is 27.6 Å². The number of unbranched alkanes of at least 4 members (excludes halogenated alkanes) is 9. The van der Waals surface area contributed by atoms with Gasteiger partial charge in [0.1, 0.15) is 12.7 Å². The fraction of sp³-hybridized carbons (Fsp3) is 0.769. The van der Waals surface area contributed by atoms with Gasteiger partial charge < -0.3 is 34.4 Å². The zero-order chi connectivity index (χ0) is 41.8. The molecule has 1 unspecified atom stereocenters. The third-order valence-corrected chi connectivity index (χ3v) is 10.4. The Kier molecular flexibility index (Phi) is 27.9. The number of carbonyl (C=O) groups excluding carboxylic acids is 3. The number of hydrogen-bond donors (Lipinski definition) is 5. The molecule has 0 heterocycles. The summed E-state index contributed by atoms with van der Waals surface area (Å²) in [5.74, 6) is -0.811. The number of allylic oxidation sites excluding steroid dienone is 5. The standard InChI is InChI=1S/C39H68O15P2/c1-4-5-13-20-33(40)24-25-36-32(23-26-37(36)42)19-15-11-12-16-21-38(43)50-29-35(30-53-56(48,49)52-28-34(41)27-51-55(45,46)47)54-39(44)22-17-10-8-6-7-9-14-18-31(2)3/h11,15,23-26,31-36,40-41H,4-10,12-14,16-22,27-30H2,1-3H3,(H,48,49)(H2,45,46,47)/b15-11-,25-24+/t32-,33-,34-,35+,36+/m0/s1. The van der Waals surface area contributed by atoms with Gasteiger partial charge in [-0.05, 0) is 50.0 Å². The minimum atomic E-state index is -4.88. The van der Waals surface area contributed by atoms with E-state index in [0.29, 0.717) is 38.0 Å². The summed E-state index contributed by atoms with van der Waals surface area (Å²) in [6.07, 6.45) is 21.0. The van der Waals surface area contributed by atoms with Crippen LogP contribution in [0.4, 0.5) is 0 Å². The molecule has 0 bridgehead atoms. The second kappa shape index (κ2) is 30.1. The van der Waals surface area contributed by atoms with Gasteiger partial charge in [-0.2, -0.15) is 0 Å². The third-order valence-electron chi connectivity index (χ3n) is 8.95. The molecule has 0 aromatic heterocycles. The van der Waals surface area contributed by atoms with Crippen molar-refractivity contribution in [2.75, 3.05) is 26.4 Å². The average Bonchev–Trinajstić information content (AvgIpc) is 3.48. The maximum absolute atomic E-state index is 12.6. The minimum Gasteiger partial charge on any atom is -0.462 e. The molecule has 324 valence electrons. The van der Waals surface area contributed by atoms with Crippen molar-refractivity contribution < 1.29 is 71.5 Å². The summed E-state index contributed by atoms with van der Waals surface area (Å²) in [5.41, 5.74) is 0. The van der Waals surface area contributed by atoms with Crippen molar-refractivity contribution in [2.45, 2.75) is 148 Å². The summed E-state index contributed by atoms with van der Waals surface area (Å²) < 4.78 is 47.6. The molecular formula is C39H68O15P2. The molecule has 0 amide bonds. The highest BCUT2D eigenvalue weighted by Crippen LogP contribution is 2.44. The highest BCUT2D eigenvalue weighted by molar-refractivity contribution is 7.47. The zero-order valence-corrected chi connectivity index (χ0v) is 35.3. The average molecular weight is 839 g/mol. The van der Waals surface area contributed by atoms with E-state index >= 15 is 0 Å². The predicted molar refractivity (Wildman–Crippen MR) is 211 cm³/mol. The van der Waals surface area contributed by atoms with Gasteiger partial charge in [-0.15, -0.1) is 0 Å². The fourth-order valence-electron chi connectivity index (χ4n) is 5.76. The second-order valence-electron chi connectivity index (χ2n) is 14.7. The van der Waals surface area contributed by atoms with Crippen LogP contribution in [0.1, 0.15) is 130 Å². The first-order valence-corrected chi connectivity index (χ1v) is 23.1. The van der Waals surface area contributed by atoms with Crippen molar-refractivity contribution in [3.8, 4) is 0 Å². The molecule has 1 rings (SSSR count). The summed E-state index contributed by atoms with van der Waals surface area (Å²) in [7, 11) is -9.73. The summed E-state index contributed by atoms with van der Waals surface area (Å²) in [6, 6.07) is 0. The Balaban J connectivity index is 2.57. The van der Waals surface area contributed by atoms with Gasteiger partial charge in [-0.25, -0.2) is 9.13 Å². The van der Waals surface area contributed by atoms with E-state index in [1.165, 1.54) is 19.3 Å². The van der Waals surface area contributed by atoms with Crippen LogP contribution in [-0.2, 0) is 46.6 Å². The molecule has 1 aliphatic rings. The minimum absolute atomic E-state index is 0.00933. The number of carbonyl (C=O) groups is 3. The molecule has 0 fully saturated rings. The lowest BCUT2D eigenvalue weighted by atomic mass is 9.90. The Bertz CT molecular complexity index is 1290. The molecule has 17 heteroatoms. The molecular weight excluding hydrogens is 770 g/mol. The lowest BCUT2D eigenvalue weighted by Gasteiger charge is -2.20. The number of aliphatic hydroxyl groups is 2. The molecule has 6 atom stereocenters. The van der Waals surface area contributed by atoms with Crippen molar-refractivity contribution in [1.29, 1.82) is 0 Å².